The minimum atomic E-state index is -0.117. The lowest BCUT2D eigenvalue weighted by atomic mass is 9.74. The third kappa shape index (κ3) is 3.43. The van der Waals surface area contributed by atoms with Crippen molar-refractivity contribution in [2.24, 2.45) is 11.8 Å². The van der Waals surface area contributed by atoms with Crippen molar-refractivity contribution in [3.8, 4) is 0 Å². The van der Waals surface area contributed by atoms with Crippen molar-refractivity contribution in [3.63, 3.8) is 0 Å². The predicted molar refractivity (Wildman–Crippen MR) is 118 cm³/mol. The second-order valence-corrected chi connectivity index (χ2v) is 9.11. The summed E-state index contributed by atoms with van der Waals surface area (Å²) in [6.07, 6.45) is 5.45. The van der Waals surface area contributed by atoms with Gasteiger partial charge in [0.2, 0.25) is 5.91 Å². The molecule has 2 amide bonds. The number of carbonyl (C=O) groups is 2. The highest BCUT2D eigenvalue weighted by atomic mass is 16.2. The first-order valence-electron chi connectivity index (χ1n) is 11.4. The summed E-state index contributed by atoms with van der Waals surface area (Å²) in [7, 11) is 0. The van der Waals surface area contributed by atoms with Crippen LogP contribution in [0.2, 0.25) is 0 Å². The van der Waals surface area contributed by atoms with Gasteiger partial charge in [-0.15, -0.1) is 0 Å². The zero-order valence-electron chi connectivity index (χ0n) is 18.1. The number of likely N-dealkylation sites (tertiary alicyclic amines) is 3. The van der Waals surface area contributed by atoms with Gasteiger partial charge in [-0.2, -0.15) is 0 Å². The minimum Gasteiger partial charge on any atom is -0.338 e. The van der Waals surface area contributed by atoms with E-state index in [-0.39, 0.29) is 17.4 Å². The zero-order valence-corrected chi connectivity index (χ0v) is 18.1. The average molecular weight is 419 g/mol. The van der Waals surface area contributed by atoms with Crippen LogP contribution >= 0.6 is 0 Å². The van der Waals surface area contributed by atoms with Gasteiger partial charge in [-0.05, 0) is 43.5 Å². The Balaban J connectivity index is 1.32. The molecular weight excluding hydrogens is 388 g/mol. The van der Waals surface area contributed by atoms with Crippen LogP contribution in [0.4, 0.5) is 0 Å². The van der Waals surface area contributed by atoms with Gasteiger partial charge in [-0.25, -0.2) is 0 Å². The number of piperidine rings is 1. The van der Waals surface area contributed by atoms with Crippen LogP contribution < -0.4 is 0 Å². The number of fused-ring (bicyclic) bond motifs is 2. The summed E-state index contributed by atoms with van der Waals surface area (Å²) in [4.78, 5) is 37.0. The summed E-state index contributed by atoms with van der Waals surface area (Å²) in [5.74, 6) is 0.826. The van der Waals surface area contributed by atoms with Gasteiger partial charge in [0.1, 0.15) is 0 Å². The molecule has 4 heterocycles. The SMILES string of the molecule is CCN1C(=O)[C@H]2CN(Cc3cccnc3)C[C@H]2C12CCN(C(=O)c1ccccc1)CC2. The maximum absolute atomic E-state index is 13.3. The summed E-state index contributed by atoms with van der Waals surface area (Å²) in [6, 6.07) is 13.6. The van der Waals surface area contributed by atoms with E-state index in [1.807, 2.05) is 47.5 Å². The molecule has 5 rings (SSSR count). The lowest BCUT2D eigenvalue weighted by Gasteiger charge is -2.47. The predicted octanol–water partition coefficient (Wildman–Crippen LogP) is 2.67. The first kappa shape index (κ1) is 20.2. The first-order chi connectivity index (χ1) is 15.1. The average Bonchev–Trinajstić information content (AvgIpc) is 3.32. The molecule has 0 N–H and O–H groups in total. The minimum absolute atomic E-state index is 0.0768. The van der Waals surface area contributed by atoms with Crippen LogP contribution in [0, 0.1) is 11.8 Å². The number of carbonyl (C=O) groups excluding carboxylic acids is 2. The summed E-state index contributed by atoms with van der Waals surface area (Å²) < 4.78 is 0. The molecule has 0 saturated carbocycles. The number of benzene rings is 1. The van der Waals surface area contributed by atoms with Crippen molar-refractivity contribution in [3.05, 3.63) is 66.0 Å². The quantitative estimate of drug-likeness (QED) is 0.766. The number of aromatic nitrogens is 1. The number of nitrogens with zero attached hydrogens (tertiary/aromatic N) is 4. The molecule has 0 aliphatic carbocycles. The number of rotatable bonds is 4. The molecule has 0 unspecified atom stereocenters. The fraction of sp³-hybridized carbons (Fsp3) is 0.480. The number of hydrogen-bond acceptors (Lipinski definition) is 4. The van der Waals surface area contributed by atoms with E-state index in [0.29, 0.717) is 24.9 Å². The molecule has 2 aromatic rings. The molecule has 1 spiro atoms. The highest BCUT2D eigenvalue weighted by Crippen LogP contribution is 2.49. The Morgan fingerprint density at radius 1 is 1.10 bits per heavy atom. The van der Waals surface area contributed by atoms with Crippen molar-refractivity contribution < 1.29 is 9.59 Å². The molecule has 0 radical (unpaired) electrons. The Kier molecular flexibility index (Phi) is 5.26. The molecule has 3 fully saturated rings. The third-order valence-corrected chi connectivity index (χ3v) is 7.59. The Morgan fingerprint density at radius 2 is 1.87 bits per heavy atom. The van der Waals surface area contributed by atoms with Gasteiger partial charge in [-0.1, -0.05) is 24.3 Å². The molecule has 2 atom stereocenters. The summed E-state index contributed by atoms with van der Waals surface area (Å²) >= 11 is 0. The molecule has 3 aliphatic heterocycles. The fourth-order valence-corrected chi connectivity index (χ4v) is 6.15. The Bertz CT molecular complexity index is 941. The maximum Gasteiger partial charge on any atom is 0.253 e. The highest BCUT2D eigenvalue weighted by Gasteiger charge is 2.61. The molecular formula is C25H30N4O2. The van der Waals surface area contributed by atoms with E-state index >= 15 is 0 Å². The highest BCUT2D eigenvalue weighted by molar-refractivity contribution is 5.94. The van der Waals surface area contributed by atoms with Gasteiger partial charge in [0, 0.05) is 63.1 Å². The van der Waals surface area contributed by atoms with E-state index < -0.39 is 0 Å². The standard InChI is InChI=1S/C25H30N4O2/c1-2-29-24(31)21-17-27(16-19-7-6-12-26-15-19)18-22(21)25(29)10-13-28(14-11-25)23(30)20-8-4-3-5-9-20/h3-9,12,15,21-22H,2,10-11,13-14,16-18H2,1H3/t21-,22+/m0/s1. The summed E-state index contributed by atoms with van der Waals surface area (Å²) in [5, 5.41) is 0. The topological polar surface area (TPSA) is 56.8 Å². The van der Waals surface area contributed by atoms with Crippen molar-refractivity contribution in [1.82, 2.24) is 19.7 Å². The molecule has 162 valence electrons. The van der Waals surface area contributed by atoms with Crippen molar-refractivity contribution in [2.75, 3.05) is 32.7 Å². The van der Waals surface area contributed by atoms with Gasteiger partial charge in [0.25, 0.3) is 5.91 Å². The summed E-state index contributed by atoms with van der Waals surface area (Å²) in [6.45, 7) is 6.87. The van der Waals surface area contributed by atoms with Crippen LogP contribution in [0.25, 0.3) is 0 Å². The van der Waals surface area contributed by atoms with E-state index in [9.17, 15) is 9.59 Å². The largest absolute Gasteiger partial charge is 0.338 e. The van der Waals surface area contributed by atoms with E-state index in [4.69, 9.17) is 0 Å². The lowest BCUT2D eigenvalue weighted by molar-refractivity contribution is -0.135. The van der Waals surface area contributed by atoms with Gasteiger partial charge in [-0.3, -0.25) is 19.5 Å². The van der Waals surface area contributed by atoms with Gasteiger partial charge in [0.05, 0.1) is 11.5 Å². The van der Waals surface area contributed by atoms with Crippen molar-refractivity contribution in [2.45, 2.75) is 31.8 Å². The third-order valence-electron chi connectivity index (χ3n) is 7.59. The monoisotopic (exact) mass is 418 g/mol. The van der Waals surface area contributed by atoms with Crippen LogP contribution in [0.5, 0.6) is 0 Å². The number of pyridine rings is 1. The molecule has 0 bridgehead atoms. The normalized spacial score (nSPS) is 25.3. The Morgan fingerprint density at radius 3 is 2.55 bits per heavy atom. The van der Waals surface area contributed by atoms with E-state index in [2.05, 4.69) is 27.8 Å². The molecule has 6 heteroatoms. The van der Waals surface area contributed by atoms with Crippen molar-refractivity contribution in [1.29, 1.82) is 0 Å². The Labute approximate surface area is 183 Å². The maximum atomic E-state index is 13.3. The van der Waals surface area contributed by atoms with Gasteiger partial charge < -0.3 is 9.80 Å². The first-order valence-corrected chi connectivity index (χ1v) is 11.4. The number of hydrogen-bond donors (Lipinski definition) is 0. The van der Waals surface area contributed by atoms with Gasteiger partial charge in [0.15, 0.2) is 0 Å². The van der Waals surface area contributed by atoms with E-state index in [0.717, 1.165) is 44.6 Å². The second-order valence-electron chi connectivity index (χ2n) is 9.11. The second kappa shape index (κ2) is 8.08. The van der Waals surface area contributed by atoms with Crippen LogP contribution in [0.3, 0.4) is 0 Å². The summed E-state index contributed by atoms with van der Waals surface area (Å²) in [5.41, 5.74) is 1.82. The molecule has 3 aliphatic rings. The van der Waals surface area contributed by atoms with Crippen LogP contribution in [-0.2, 0) is 11.3 Å². The zero-order chi connectivity index (χ0) is 21.4. The van der Waals surface area contributed by atoms with E-state index in [1.165, 1.54) is 5.56 Å². The van der Waals surface area contributed by atoms with Gasteiger partial charge >= 0.3 is 0 Å². The molecule has 1 aromatic heterocycles. The van der Waals surface area contributed by atoms with Crippen LogP contribution in [0.15, 0.2) is 54.9 Å². The van der Waals surface area contributed by atoms with Crippen molar-refractivity contribution >= 4 is 11.8 Å². The Hall–Kier alpha value is -2.73. The molecule has 6 nitrogen and oxygen atoms in total. The smallest absolute Gasteiger partial charge is 0.253 e. The van der Waals surface area contributed by atoms with Crippen LogP contribution in [0.1, 0.15) is 35.7 Å². The molecule has 31 heavy (non-hydrogen) atoms. The molecule has 3 saturated heterocycles. The fourth-order valence-electron chi connectivity index (χ4n) is 6.15. The lowest BCUT2D eigenvalue weighted by Crippen LogP contribution is -2.57. The number of amides is 2. The molecule has 1 aromatic carbocycles. The van der Waals surface area contributed by atoms with E-state index in [1.54, 1.807) is 6.20 Å². The van der Waals surface area contributed by atoms with Crippen LogP contribution in [-0.4, -0.2) is 69.8 Å².